The first-order chi connectivity index (χ1) is 28.0. The monoisotopic (exact) mass is 688 g/mol. The van der Waals surface area contributed by atoms with Gasteiger partial charge in [-0.2, -0.15) is 4.98 Å². The van der Waals surface area contributed by atoms with E-state index in [1.165, 1.54) is 18.2 Å². The Balaban J connectivity index is 1.37. The molecule has 0 amide bonds. The van der Waals surface area contributed by atoms with Crippen LogP contribution in [-0.4, -0.2) is 47.4 Å². The van der Waals surface area contributed by atoms with Crippen LogP contribution in [0.25, 0.3) is 33.5 Å². The molecule has 0 aliphatic heterocycles. The fourth-order valence-electron chi connectivity index (χ4n) is 6.60. The number of para-hydroxylation sites is 1. The van der Waals surface area contributed by atoms with Crippen molar-refractivity contribution in [3.8, 4) is 28.5 Å². The van der Waals surface area contributed by atoms with E-state index >= 15 is 0 Å². The van der Waals surface area contributed by atoms with Crippen molar-refractivity contribution in [2.75, 3.05) is 6.61 Å². The lowest BCUT2D eigenvalue weighted by Gasteiger charge is -2.36. The number of benzene rings is 6. The van der Waals surface area contributed by atoms with Crippen LogP contribution in [0, 0.1) is 0 Å². The molecule has 1 N–H and O–H groups in total. The third kappa shape index (κ3) is 5.58. The van der Waals surface area contributed by atoms with Gasteiger partial charge in [-0.1, -0.05) is 145 Å². The van der Waals surface area contributed by atoms with Crippen LogP contribution in [0.2, 0.25) is 0 Å². The van der Waals surface area contributed by atoms with Gasteiger partial charge in [-0.3, -0.25) is 4.57 Å². The van der Waals surface area contributed by atoms with Gasteiger partial charge in [-0.25, -0.2) is 9.48 Å². The van der Waals surface area contributed by atoms with E-state index < -0.39 is 47.7 Å². The summed E-state index contributed by atoms with van der Waals surface area (Å²) in [6.45, 7) is -1.18. The molecule has 0 saturated heterocycles. The van der Waals surface area contributed by atoms with E-state index in [2.05, 4.69) is 20.5 Å². The summed E-state index contributed by atoms with van der Waals surface area (Å²) in [4.78, 5) is 16.7. The summed E-state index contributed by atoms with van der Waals surface area (Å²) in [5.41, 5.74) is 1.01. The Bertz CT molecular complexity index is 2690. The molecule has 0 bridgehead atoms. The second kappa shape index (κ2) is 13.8. The highest BCUT2D eigenvalue weighted by atomic mass is 16.5. The summed E-state index contributed by atoms with van der Waals surface area (Å²) in [5.74, 6) is -1.09. The molecule has 0 saturated carbocycles. The number of aromatic carboxylic acids is 1. The molecule has 8 aromatic rings. The predicted molar refractivity (Wildman–Crippen MR) is 200 cm³/mol. The molecule has 9 heteroatoms. The van der Waals surface area contributed by atoms with Crippen molar-refractivity contribution >= 4 is 17.0 Å². The summed E-state index contributed by atoms with van der Waals surface area (Å²) in [6, 6.07) is 37.7. The Morgan fingerprint density at radius 3 is 1.92 bits per heavy atom. The topological polar surface area (TPSA) is 108 Å². The highest BCUT2D eigenvalue weighted by Gasteiger charge is 2.42. The van der Waals surface area contributed by atoms with Crippen LogP contribution < -0.4 is 4.74 Å². The average molecular weight is 689 g/mol. The molecule has 0 spiro atoms. The average Bonchev–Trinajstić information content (AvgIpc) is 3.88. The highest BCUT2D eigenvalue weighted by Crippen LogP contribution is 2.43. The van der Waals surface area contributed by atoms with Gasteiger partial charge in [0.25, 0.3) is 6.01 Å². The standard InChI is InChI=1S/C43H34N6O3/c1-2-52-42-44-38-24-14-23-37(41(50)51)39(38)48(42)29-30-25-27-31(28-26-30)35-21-12-13-22-36(35)40-45-46-47-49(40)43(32-15-6-3-7-16-32,33-17-8-4-9-18-33)34-19-10-5-11-20-34/h3-28H,2,29H2,1H3,(H,50,51)/i25D,26D,27D,28D,29D2. The third-order valence-electron chi connectivity index (χ3n) is 8.80. The van der Waals surface area contributed by atoms with Gasteiger partial charge >= 0.3 is 5.97 Å². The van der Waals surface area contributed by atoms with E-state index in [1.807, 2.05) is 91.0 Å². The summed E-state index contributed by atoms with van der Waals surface area (Å²) >= 11 is 0. The van der Waals surface area contributed by atoms with Crippen molar-refractivity contribution in [2.45, 2.75) is 19.0 Å². The van der Waals surface area contributed by atoms with E-state index in [0.29, 0.717) is 5.56 Å². The van der Waals surface area contributed by atoms with Crippen LogP contribution in [0.4, 0.5) is 0 Å². The molecule has 0 aliphatic rings. The number of carboxylic acids is 1. The quantitative estimate of drug-likeness (QED) is 0.136. The maximum Gasteiger partial charge on any atom is 0.337 e. The Hall–Kier alpha value is -6.87. The smallest absolute Gasteiger partial charge is 0.337 e. The second-order valence-corrected chi connectivity index (χ2v) is 11.8. The van der Waals surface area contributed by atoms with Gasteiger partial charge in [0.2, 0.25) is 0 Å². The number of fused-ring (bicyclic) bond motifs is 1. The number of ether oxygens (including phenoxy) is 1. The second-order valence-electron chi connectivity index (χ2n) is 11.8. The van der Waals surface area contributed by atoms with E-state index in [4.69, 9.17) is 4.74 Å². The van der Waals surface area contributed by atoms with Crippen molar-refractivity contribution < 1.29 is 22.9 Å². The number of carboxylic acid groups (broad SMARTS) is 1. The molecule has 0 aliphatic carbocycles. The zero-order valence-electron chi connectivity index (χ0n) is 33.9. The normalized spacial score (nSPS) is 13.4. The van der Waals surface area contributed by atoms with Gasteiger partial charge < -0.3 is 9.84 Å². The fourth-order valence-corrected chi connectivity index (χ4v) is 6.60. The zero-order chi connectivity index (χ0) is 40.8. The van der Waals surface area contributed by atoms with Crippen molar-refractivity contribution in [1.82, 2.24) is 29.8 Å². The Morgan fingerprint density at radius 1 is 0.769 bits per heavy atom. The fraction of sp³-hybridized carbons (Fsp3) is 0.0930. The molecule has 0 unspecified atom stereocenters. The number of aromatic nitrogens is 6. The first-order valence-corrected chi connectivity index (χ1v) is 16.6. The molecule has 0 atom stereocenters. The molecular weight excluding hydrogens is 649 g/mol. The molecule has 0 fully saturated rings. The molecule has 8 rings (SSSR count). The molecule has 2 heterocycles. The first-order valence-electron chi connectivity index (χ1n) is 19.6. The van der Waals surface area contributed by atoms with Crippen LogP contribution in [-0.2, 0) is 12.0 Å². The van der Waals surface area contributed by atoms with Gasteiger partial charge in [-0.15, -0.1) is 5.10 Å². The third-order valence-corrected chi connectivity index (χ3v) is 8.80. The SMILES string of the molecule is [2H]c1c([2H])c(C([2H])([2H])n2c(OCC)nc3cccc(C(=O)O)c32)c([2H])c([2H])c1-c1ccccc1-c1nnnn1C(c1ccccc1)(c1ccccc1)c1ccccc1. The van der Waals surface area contributed by atoms with Crippen LogP contribution in [0.5, 0.6) is 6.01 Å². The molecule has 6 aromatic carbocycles. The number of rotatable bonds is 11. The summed E-state index contributed by atoms with van der Waals surface area (Å²) in [5, 5.41) is 23.4. The lowest BCUT2D eigenvalue weighted by molar-refractivity contribution is 0.0698. The summed E-state index contributed by atoms with van der Waals surface area (Å²) < 4.78 is 64.3. The Kier molecular flexibility index (Phi) is 6.90. The Morgan fingerprint density at radius 2 is 1.35 bits per heavy atom. The largest absolute Gasteiger partial charge is 0.478 e. The summed E-state index contributed by atoms with van der Waals surface area (Å²) in [6.07, 6.45) is 0. The molecular formula is C43H34N6O3. The number of hydrogen-bond acceptors (Lipinski definition) is 6. The van der Waals surface area contributed by atoms with Gasteiger partial charge in [0.15, 0.2) is 5.82 Å². The number of nitrogens with zero attached hydrogens (tertiary/aromatic N) is 6. The molecule has 9 nitrogen and oxygen atoms in total. The highest BCUT2D eigenvalue weighted by molar-refractivity contribution is 6.01. The number of tetrazole rings is 1. The van der Waals surface area contributed by atoms with Crippen LogP contribution in [0.15, 0.2) is 158 Å². The Labute approximate surface area is 308 Å². The molecule has 2 aromatic heterocycles. The lowest BCUT2D eigenvalue weighted by atomic mass is 9.77. The molecule has 52 heavy (non-hydrogen) atoms. The van der Waals surface area contributed by atoms with Gasteiger partial charge in [0.05, 0.1) is 37.9 Å². The maximum absolute atomic E-state index is 12.3. The number of carbonyl (C=O) groups is 1. The number of hydrogen-bond donors (Lipinski definition) is 1. The minimum absolute atomic E-state index is 0.0476. The van der Waals surface area contributed by atoms with Crippen LogP contribution in [0.1, 0.15) is 47.8 Å². The van der Waals surface area contributed by atoms with Gasteiger partial charge in [0, 0.05) is 5.56 Å². The maximum atomic E-state index is 12.3. The lowest BCUT2D eigenvalue weighted by Crippen LogP contribution is -2.39. The first kappa shape index (κ1) is 26.0. The van der Waals surface area contributed by atoms with Gasteiger partial charge in [0.1, 0.15) is 5.54 Å². The van der Waals surface area contributed by atoms with Crippen LogP contribution in [0.3, 0.4) is 0 Å². The van der Waals surface area contributed by atoms with Crippen molar-refractivity contribution in [3.63, 3.8) is 0 Å². The summed E-state index contributed by atoms with van der Waals surface area (Å²) in [7, 11) is 0. The van der Waals surface area contributed by atoms with Crippen molar-refractivity contribution in [2.24, 2.45) is 0 Å². The van der Waals surface area contributed by atoms with E-state index in [0.717, 1.165) is 21.3 Å². The molecule has 254 valence electrons. The van der Waals surface area contributed by atoms with E-state index in [-0.39, 0.29) is 46.2 Å². The van der Waals surface area contributed by atoms with E-state index in [1.54, 1.807) is 35.9 Å². The predicted octanol–water partition coefficient (Wildman–Crippen LogP) is 8.34. The van der Waals surface area contributed by atoms with Gasteiger partial charge in [-0.05, 0) is 62.9 Å². The number of imidazole rings is 1. The van der Waals surface area contributed by atoms with Crippen molar-refractivity contribution in [1.29, 1.82) is 0 Å². The van der Waals surface area contributed by atoms with E-state index in [9.17, 15) is 18.1 Å². The molecule has 0 radical (unpaired) electrons. The minimum Gasteiger partial charge on any atom is -0.478 e. The van der Waals surface area contributed by atoms with Crippen molar-refractivity contribution in [3.05, 3.63) is 185 Å². The zero-order valence-corrected chi connectivity index (χ0v) is 27.9. The van der Waals surface area contributed by atoms with Crippen LogP contribution >= 0.6 is 0 Å². The minimum atomic E-state index is -2.88.